The third-order valence-electron chi connectivity index (χ3n) is 1.26. The number of hydrogen-bond donors (Lipinski definition) is 0. The van der Waals surface area contributed by atoms with E-state index >= 15 is 0 Å². The van der Waals surface area contributed by atoms with E-state index in [2.05, 4.69) is 18.0 Å². The molecule has 12 heavy (non-hydrogen) atoms. The van der Waals surface area contributed by atoms with E-state index in [1.165, 1.54) is 25.7 Å². The van der Waals surface area contributed by atoms with E-state index in [9.17, 15) is 8.42 Å². The lowest BCUT2D eigenvalue weighted by Gasteiger charge is -1.86. The fourth-order valence-corrected chi connectivity index (χ4v) is 0.500. The lowest BCUT2D eigenvalue weighted by Crippen LogP contribution is -1.95. The van der Waals surface area contributed by atoms with Gasteiger partial charge in [-0.2, -0.15) is 8.42 Å². The van der Waals surface area contributed by atoms with Crippen LogP contribution < -0.4 is 0 Å². The molecule has 0 aliphatic heterocycles. The van der Waals surface area contributed by atoms with Crippen LogP contribution >= 0.6 is 0 Å². The molecule has 0 bridgehead atoms. The number of rotatable bonds is 4. The van der Waals surface area contributed by atoms with Crippen molar-refractivity contribution >= 4 is 10.1 Å². The van der Waals surface area contributed by atoms with E-state index in [0.29, 0.717) is 0 Å². The molecule has 0 aliphatic carbocycles. The molecule has 0 N–H and O–H groups in total. The van der Waals surface area contributed by atoms with Gasteiger partial charge in [-0.05, 0) is 0 Å². The molecular formula is C8H20O3S. The fourth-order valence-electron chi connectivity index (χ4n) is 0.500. The van der Waals surface area contributed by atoms with Gasteiger partial charge in [0.2, 0.25) is 0 Å². The highest BCUT2D eigenvalue weighted by Gasteiger charge is 1.90. The first-order chi connectivity index (χ1) is 5.47. The summed E-state index contributed by atoms with van der Waals surface area (Å²) in [5.74, 6) is 0. The molecule has 0 heterocycles. The summed E-state index contributed by atoms with van der Waals surface area (Å²) in [6.07, 6.45) is 6.53. The van der Waals surface area contributed by atoms with E-state index in [-0.39, 0.29) is 0 Å². The first kappa shape index (κ1) is 14.4. The second-order valence-electron chi connectivity index (χ2n) is 2.58. The van der Waals surface area contributed by atoms with Crippen molar-refractivity contribution < 1.29 is 12.6 Å². The van der Waals surface area contributed by atoms with Crippen molar-refractivity contribution in [2.24, 2.45) is 0 Å². The van der Waals surface area contributed by atoms with Crippen LogP contribution in [0.15, 0.2) is 0 Å². The Morgan fingerprint density at radius 2 is 1.33 bits per heavy atom. The van der Waals surface area contributed by atoms with E-state index < -0.39 is 10.1 Å². The number of hydrogen-bond acceptors (Lipinski definition) is 3. The molecule has 0 spiro atoms. The van der Waals surface area contributed by atoms with E-state index in [4.69, 9.17) is 0 Å². The van der Waals surface area contributed by atoms with Crippen molar-refractivity contribution in [3.05, 3.63) is 0 Å². The van der Waals surface area contributed by atoms with Gasteiger partial charge in [0.1, 0.15) is 0 Å². The molecule has 4 heteroatoms. The summed E-state index contributed by atoms with van der Waals surface area (Å²) in [5, 5.41) is 0. The van der Waals surface area contributed by atoms with Crippen LogP contribution in [0.1, 0.15) is 39.5 Å². The Bertz CT molecular complexity index is 157. The molecule has 0 amide bonds. The van der Waals surface area contributed by atoms with Crippen LogP contribution in [-0.2, 0) is 14.3 Å². The third kappa shape index (κ3) is 22.5. The average molecular weight is 196 g/mol. The second kappa shape index (κ2) is 9.00. The predicted molar refractivity (Wildman–Crippen MR) is 51.7 cm³/mol. The Morgan fingerprint density at radius 3 is 1.42 bits per heavy atom. The normalized spacial score (nSPS) is 10.3. The molecule has 0 aromatic rings. The Balaban J connectivity index is 0. The van der Waals surface area contributed by atoms with Crippen LogP contribution in [0.3, 0.4) is 0 Å². The first-order valence-corrected chi connectivity index (χ1v) is 6.05. The minimum absolute atomic E-state index is 0.993. The summed E-state index contributed by atoms with van der Waals surface area (Å²) >= 11 is 0. The molecule has 0 saturated heterocycles. The predicted octanol–water partition coefficient (Wildman–Crippen LogP) is 2.18. The fraction of sp³-hybridized carbons (Fsp3) is 1.00. The standard InChI is InChI=1S/C6H14.C2H6O3S/c1-3-5-6-4-2;1-5-6(2,3)4/h3-6H2,1-2H3;1-2H3. The van der Waals surface area contributed by atoms with Crippen molar-refractivity contribution in [1.82, 2.24) is 0 Å². The van der Waals surface area contributed by atoms with Crippen molar-refractivity contribution in [2.75, 3.05) is 13.4 Å². The lowest BCUT2D eigenvalue weighted by molar-refractivity contribution is 0.403. The molecule has 0 aromatic heterocycles. The van der Waals surface area contributed by atoms with Crippen LogP contribution in [0.5, 0.6) is 0 Å². The van der Waals surface area contributed by atoms with E-state index in [0.717, 1.165) is 13.4 Å². The van der Waals surface area contributed by atoms with Crippen LogP contribution in [0, 0.1) is 0 Å². The highest BCUT2D eigenvalue weighted by molar-refractivity contribution is 7.85. The molecule has 0 rings (SSSR count). The summed E-state index contributed by atoms with van der Waals surface area (Å²) in [7, 11) is -2.04. The number of unbranched alkanes of at least 4 members (excludes halogenated alkanes) is 3. The maximum Gasteiger partial charge on any atom is 0.264 e. The summed E-state index contributed by atoms with van der Waals surface area (Å²) in [4.78, 5) is 0. The Labute approximate surface area is 76.2 Å². The third-order valence-corrected chi connectivity index (χ3v) is 1.87. The van der Waals surface area contributed by atoms with E-state index in [1.807, 2.05) is 0 Å². The monoisotopic (exact) mass is 196 g/mol. The molecule has 0 aliphatic rings. The van der Waals surface area contributed by atoms with Gasteiger partial charge < -0.3 is 0 Å². The largest absolute Gasteiger partial charge is 0.274 e. The maximum absolute atomic E-state index is 9.78. The molecule has 76 valence electrons. The van der Waals surface area contributed by atoms with Crippen LogP contribution in [0.4, 0.5) is 0 Å². The smallest absolute Gasteiger partial charge is 0.264 e. The van der Waals surface area contributed by atoms with Gasteiger partial charge in [-0.25, -0.2) is 0 Å². The van der Waals surface area contributed by atoms with Gasteiger partial charge in [-0.15, -0.1) is 0 Å². The van der Waals surface area contributed by atoms with E-state index in [1.54, 1.807) is 0 Å². The lowest BCUT2D eigenvalue weighted by atomic mass is 10.2. The average Bonchev–Trinajstić information content (AvgIpc) is 2.01. The van der Waals surface area contributed by atoms with Crippen LogP contribution in [-0.4, -0.2) is 21.8 Å². The Kier molecular flexibility index (Phi) is 10.8. The highest BCUT2D eigenvalue weighted by atomic mass is 32.2. The second-order valence-corrected chi connectivity index (χ2v) is 4.32. The summed E-state index contributed by atoms with van der Waals surface area (Å²) in [5.41, 5.74) is 0. The van der Waals surface area contributed by atoms with Crippen molar-refractivity contribution in [2.45, 2.75) is 39.5 Å². The van der Waals surface area contributed by atoms with Gasteiger partial charge >= 0.3 is 0 Å². The highest BCUT2D eigenvalue weighted by Crippen LogP contribution is 1.95. The van der Waals surface area contributed by atoms with Gasteiger partial charge in [0.05, 0.1) is 13.4 Å². The summed E-state index contributed by atoms with van der Waals surface area (Å²) < 4.78 is 23.5. The first-order valence-electron chi connectivity index (χ1n) is 4.23. The van der Waals surface area contributed by atoms with Gasteiger partial charge in [0.15, 0.2) is 0 Å². The van der Waals surface area contributed by atoms with Gasteiger partial charge in [-0.1, -0.05) is 39.5 Å². The van der Waals surface area contributed by atoms with Crippen molar-refractivity contribution in [3.63, 3.8) is 0 Å². The SMILES string of the molecule is CCCCCC.COS(C)(=O)=O. The van der Waals surface area contributed by atoms with Crippen molar-refractivity contribution in [3.8, 4) is 0 Å². The molecule has 0 atom stereocenters. The molecule has 0 radical (unpaired) electrons. The molecule has 0 unspecified atom stereocenters. The zero-order chi connectivity index (χ0) is 10.0. The zero-order valence-electron chi connectivity index (χ0n) is 8.46. The van der Waals surface area contributed by atoms with Gasteiger partial charge in [-0.3, -0.25) is 4.18 Å². The summed E-state index contributed by atoms with van der Waals surface area (Å²) in [6, 6.07) is 0. The maximum atomic E-state index is 9.78. The molecule has 0 saturated carbocycles. The van der Waals surface area contributed by atoms with Crippen molar-refractivity contribution in [1.29, 1.82) is 0 Å². The minimum Gasteiger partial charge on any atom is -0.274 e. The van der Waals surface area contributed by atoms with Gasteiger partial charge in [0.25, 0.3) is 10.1 Å². The molecular weight excluding hydrogens is 176 g/mol. The summed E-state index contributed by atoms with van der Waals surface area (Å²) in [6.45, 7) is 4.46. The molecule has 0 aromatic carbocycles. The minimum atomic E-state index is -3.16. The van der Waals surface area contributed by atoms with Crippen LogP contribution in [0.2, 0.25) is 0 Å². The quantitative estimate of drug-likeness (QED) is 0.511. The Hall–Kier alpha value is -0.0900. The molecule has 3 nitrogen and oxygen atoms in total. The topological polar surface area (TPSA) is 43.4 Å². The Morgan fingerprint density at radius 1 is 1.08 bits per heavy atom. The van der Waals surface area contributed by atoms with Gasteiger partial charge in [0, 0.05) is 0 Å². The van der Waals surface area contributed by atoms with Crippen LogP contribution in [0.25, 0.3) is 0 Å². The molecule has 0 fully saturated rings. The zero-order valence-corrected chi connectivity index (χ0v) is 9.28.